The minimum Gasteiger partial charge on any atom is -0.481 e. The second-order valence-corrected chi connectivity index (χ2v) is 4.74. The van der Waals surface area contributed by atoms with E-state index < -0.39 is 5.97 Å². The zero-order valence-corrected chi connectivity index (χ0v) is 11.7. The number of amides is 1. The monoisotopic (exact) mass is 287 g/mol. The molecule has 0 bridgehead atoms. The van der Waals surface area contributed by atoms with Gasteiger partial charge in [0.05, 0.1) is 0 Å². The Bertz CT molecular complexity index is 649. The number of carbonyl (C=O) groups excluding carboxylic acids is 1. The third kappa shape index (κ3) is 4.45. The Hall–Kier alpha value is -2.63. The molecule has 1 heterocycles. The number of carbonyl (C=O) groups is 2. The highest BCUT2D eigenvalue weighted by Crippen LogP contribution is 2.12. The zero-order valence-electron chi connectivity index (χ0n) is 11.7. The molecule has 2 rings (SSSR count). The highest BCUT2D eigenvalue weighted by Gasteiger charge is 2.06. The van der Waals surface area contributed by atoms with Crippen molar-refractivity contribution in [3.63, 3.8) is 0 Å². The molecule has 6 heteroatoms. The van der Waals surface area contributed by atoms with Gasteiger partial charge >= 0.3 is 5.97 Å². The van der Waals surface area contributed by atoms with Crippen LogP contribution in [0.15, 0.2) is 36.7 Å². The van der Waals surface area contributed by atoms with Crippen molar-refractivity contribution in [2.75, 3.05) is 5.32 Å². The smallest absolute Gasteiger partial charge is 0.303 e. The van der Waals surface area contributed by atoms with Crippen molar-refractivity contribution in [1.82, 2.24) is 9.55 Å². The van der Waals surface area contributed by atoms with E-state index in [0.717, 1.165) is 11.4 Å². The lowest BCUT2D eigenvalue weighted by atomic mass is 10.1. The van der Waals surface area contributed by atoms with E-state index in [1.165, 1.54) is 0 Å². The third-order valence-electron chi connectivity index (χ3n) is 3.08. The molecule has 0 saturated carbocycles. The maximum atomic E-state index is 12.0. The summed E-state index contributed by atoms with van der Waals surface area (Å²) in [5.74, 6) is -0.202. The number of imidazole rings is 1. The number of carboxylic acids is 1. The molecular weight excluding hydrogens is 270 g/mol. The molecule has 0 aliphatic heterocycles. The summed E-state index contributed by atoms with van der Waals surface area (Å²) in [5.41, 5.74) is 1.55. The Morgan fingerprint density at radius 2 is 2.19 bits per heavy atom. The number of nitrogens with zero attached hydrogens (tertiary/aromatic N) is 2. The summed E-state index contributed by atoms with van der Waals surface area (Å²) in [5, 5.41) is 11.5. The number of hydrogen-bond acceptors (Lipinski definition) is 3. The first-order chi connectivity index (χ1) is 10.0. The molecule has 2 N–H and O–H groups in total. The lowest BCUT2D eigenvalue weighted by Gasteiger charge is -2.08. The first-order valence-electron chi connectivity index (χ1n) is 6.63. The average molecular weight is 287 g/mol. The summed E-state index contributed by atoms with van der Waals surface area (Å²) in [4.78, 5) is 26.6. The number of carboxylic acid groups (broad SMARTS) is 1. The van der Waals surface area contributed by atoms with Crippen LogP contribution >= 0.6 is 0 Å². The highest BCUT2D eigenvalue weighted by atomic mass is 16.4. The average Bonchev–Trinajstić information content (AvgIpc) is 2.82. The SMILES string of the molecule is Cc1nccn1CC(=O)Nc1cccc(CCC(=O)O)c1. The van der Waals surface area contributed by atoms with Crippen LogP contribution in [0.25, 0.3) is 0 Å². The van der Waals surface area contributed by atoms with E-state index in [1.54, 1.807) is 35.2 Å². The molecular formula is C15H17N3O3. The number of anilines is 1. The lowest BCUT2D eigenvalue weighted by Crippen LogP contribution is -2.19. The Morgan fingerprint density at radius 1 is 1.38 bits per heavy atom. The fourth-order valence-electron chi connectivity index (χ4n) is 1.98. The number of benzene rings is 1. The van der Waals surface area contributed by atoms with Gasteiger partial charge in [0.1, 0.15) is 12.4 Å². The Kier molecular flexibility index (Phi) is 4.71. The molecule has 0 unspecified atom stereocenters. The van der Waals surface area contributed by atoms with Gasteiger partial charge < -0.3 is 15.0 Å². The number of aliphatic carboxylic acids is 1. The number of hydrogen-bond donors (Lipinski definition) is 2. The van der Waals surface area contributed by atoms with Crippen molar-refractivity contribution in [2.45, 2.75) is 26.3 Å². The van der Waals surface area contributed by atoms with E-state index in [-0.39, 0.29) is 18.9 Å². The van der Waals surface area contributed by atoms with E-state index in [0.29, 0.717) is 12.1 Å². The van der Waals surface area contributed by atoms with Crippen LogP contribution in [0.2, 0.25) is 0 Å². The first kappa shape index (κ1) is 14.8. The second-order valence-electron chi connectivity index (χ2n) is 4.74. The Morgan fingerprint density at radius 3 is 2.86 bits per heavy atom. The summed E-state index contributed by atoms with van der Waals surface area (Å²) in [6, 6.07) is 7.22. The molecule has 0 spiro atoms. The lowest BCUT2D eigenvalue weighted by molar-refractivity contribution is -0.137. The van der Waals surface area contributed by atoms with Gasteiger partial charge in [-0.25, -0.2) is 4.98 Å². The molecule has 110 valence electrons. The van der Waals surface area contributed by atoms with Crippen molar-refractivity contribution in [3.05, 3.63) is 48.0 Å². The number of aryl methyl sites for hydroxylation is 2. The maximum Gasteiger partial charge on any atom is 0.303 e. The summed E-state index contributed by atoms with van der Waals surface area (Å²) < 4.78 is 1.75. The van der Waals surface area contributed by atoms with Gasteiger partial charge in [0.2, 0.25) is 5.91 Å². The normalized spacial score (nSPS) is 10.3. The number of rotatable bonds is 6. The van der Waals surface area contributed by atoms with Crippen LogP contribution in [0.3, 0.4) is 0 Å². The molecule has 2 aromatic rings. The van der Waals surface area contributed by atoms with Crippen LogP contribution in [-0.2, 0) is 22.6 Å². The molecule has 0 fully saturated rings. The van der Waals surface area contributed by atoms with Crippen LogP contribution in [-0.4, -0.2) is 26.5 Å². The fourth-order valence-corrected chi connectivity index (χ4v) is 1.98. The molecule has 6 nitrogen and oxygen atoms in total. The molecule has 0 radical (unpaired) electrons. The molecule has 0 aliphatic rings. The van der Waals surface area contributed by atoms with Gasteiger partial charge in [-0.05, 0) is 31.0 Å². The van der Waals surface area contributed by atoms with E-state index in [2.05, 4.69) is 10.3 Å². The van der Waals surface area contributed by atoms with E-state index >= 15 is 0 Å². The summed E-state index contributed by atoms with van der Waals surface area (Å²) >= 11 is 0. The van der Waals surface area contributed by atoms with E-state index in [1.807, 2.05) is 13.0 Å². The van der Waals surface area contributed by atoms with E-state index in [9.17, 15) is 9.59 Å². The minimum atomic E-state index is -0.833. The molecule has 1 aromatic heterocycles. The zero-order chi connectivity index (χ0) is 15.2. The molecule has 1 aromatic carbocycles. The van der Waals surface area contributed by atoms with Crippen molar-refractivity contribution < 1.29 is 14.7 Å². The van der Waals surface area contributed by atoms with Crippen LogP contribution in [0.1, 0.15) is 17.8 Å². The topological polar surface area (TPSA) is 84.2 Å². The van der Waals surface area contributed by atoms with Gasteiger partial charge in [-0.15, -0.1) is 0 Å². The van der Waals surface area contributed by atoms with Gasteiger partial charge in [0.15, 0.2) is 0 Å². The quantitative estimate of drug-likeness (QED) is 0.849. The summed E-state index contributed by atoms with van der Waals surface area (Å²) in [6.45, 7) is 2.03. The fraction of sp³-hybridized carbons (Fsp3) is 0.267. The summed E-state index contributed by atoms with van der Waals surface area (Å²) in [7, 11) is 0. The van der Waals surface area contributed by atoms with Gasteiger partial charge in [0, 0.05) is 24.5 Å². The Labute approximate surface area is 122 Å². The minimum absolute atomic E-state index is 0.0750. The third-order valence-corrected chi connectivity index (χ3v) is 3.08. The molecule has 0 saturated heterocycles. The van der Waals surface area contributed by atoms with Gasteiger partial charge in [0.25, 0.3) is 0 Å². The maximum absolute atomic E-state index is 12.0. The van der Waals surface area contributed by atoms with Gasteiger partial charge in [-0.1, -0.05) is 12.1 Å². The van der Waals surface area contributed by atoms with Crippen molar-refractivity contribution in [1.29, 1.82) is 0 Å². The number of aromatic nitrogens is 2. The van der Waals surface area contributed by atoms with Crippen LogP contribution in [0.4, 0.5) is 5.69 Å². The molecule has 0 aliphatic carbocycles. The van der Waals surface area contributed by atoms with E-state index in [4.69, 9.17) is 5.11 Å². The second kappa shape index (κ2) is 6.69. The van der Waals surface area contributed by atoms with Crippen molar-refractivity contribution in [3.8, 4) is 0 Å². The molecule has 1 amide bonds. The summed E-state index contributed by atoms with van der Waals surface area (Å²) in [6.07, 6.45) is 3.92. The van der Waals surface area contributed by atoms with Crippen molar-refractivity contribution >= 4 is 17.6 Å². The van der Waals surface area contributed by atoms with Gasteiger partial charge in [-0.3, -0.25) is 9.59 Å². The molecule has 21 heavy (non-hydrogen) atoms. The molecule has 0 atom stereocenters. The number of nitrogens with one attached hydrogen (secondary N) is 1. The van der Waals surface area contributed by atoms with Crippen LogP contribution in [0, 0.1) is 6.92 Å². The van der Waals surface area contributed by atoms with Crippen LogP contribution in [0.5, 0.6) is 0 Å². The standard InChI is InChI=1S/C15H17N3O3/c1-11-16-7-8-18(11)10-14(19)17-13-4-2-3-12(9-13)5-6-15(20)21/h2-4,7-9H,5-6,10H2,1H3,(H,17,19)(H,20,21). The van der Waals surface area contributed by atoms with Crippen molar-refractivity contribution in [2.24, 2.45) is 0 Å². The van der Waals surface area contributed by atoms with Crippen LogP contribution < -0.4 is 5.32 Å². The predicted octanol–water partition coefficient (Wildman–Crippen LogP) is 1.85. The predicted molar refractivity (Wildman–Crippen MR) is 78.0 cm³/mol. The Balaban J connectivity index is 1.96. The first-order valence-corrected chi connectivity index (χ1v) is 6.63. The van der Waals surface area contributed by atoms with Gasteiger partial charge in [-0.2, -0.15) is 0 Å². The highest BCUT2D eigenvalue weighted by molar-refractivity contribution is 5.90. The largest absolute Gasteiger partial charge is 0.481 e.